The maximum absolute atomic E-state index is 5.54. The maximum atomic E-state index is 5.54. The van der Waals surface area contributed by atoms with Gasteiger partial charge in [-0.25, -0.2) is 4.98 Å². The molecule has 1 saturated heterocycles. The normalized spacial score (nSPS) is 16.9. The van der Waals surface area contributed by atoms with Crippen LogP contribution in [0.25, 0.3) is 0 Å². The summed E-state index contributed by atoms with van der Waals surface area (Å²) in [5.74, 6) is 1.06. The van der Waals surface area contributed by atoms with Crippen molar-refractivity contribution in [3.05, 3.63) is 30.8 Å². The smallest absolute Gasteiger partial charge is 0.128 e. The van der Waals surface area contributed by atoms with Gasteiger partial charge in [0.25, 0.3) is 0 Å². The largest absolute Gasteiger partial charge is 0.357 e. The third-order valence-electron chi connectivity index (χ3n) is 2.20. The van der Waals surface area contributed by atoms with Crippen LogP contribution in [0.4, 0.5) is 5.82 Å². The van der Waals surface area contributed by atoms with Gasteiger partial charge in [0.1, 0.15) is 5.82 Å². The van der Waals surface area contributed by atoms with E-state index >= 15 is 0 Å². The molecule has 2 heterocycles. The van der Waals surface area contributed by atoms with Gasteiger partial charge in [-0.1, -0.05) is 6.07 Å². The number of hydrogen-bond acceptors (Lipinski definition) is 2. The van der Waals surface area contributed by atoms with Gasteiger partial charge in [-0.15, -0.1) is 0 Å². The van der Waals surface area contributed by atoms with Crippen molar-refractivity contribution in [2.45, 2.75) is 12.8 Å². The lowest BCUT2D eigenvalue weighted by molar-refractivity contribution is 0.937. The van der Waals surface area contributed by atoms with Gasteiger partial charge in [0, 0.05) is 26.2 Å². The molecule has 1 aliphatic heterocycles. The van der Waals surface area contributed by atoms with Gasteiger partial charge >= 0.3 is 0 Å². The Kier molecular flexibility index (Phi) is 1.98. The summed E-state index contributed by atoms with van der Waals surface area (Å²) >= 11 is 0. The van der Waals surface area contributed by atoms with Gasteiger partial charge in [0.2, 0.25) is 0 Å². The number of rotatable bonds is 1. The first-order valence-electron chi connectivity index (χ1n) is 4.33. The SMILES string of the molecule is [CH]c1ccc(N2CCCC2)nc1. The van der Waals surface area contributed by atoms with Crippen LogP contribution in [-0.4, -0.2) is 18.1 Å². The first kappa shape index (κ1) is 7.59. The van der Waals surface area contributed by atoms with Crippen molar-refractivity contribution in [1.29, 1.82) is 0 Å². The molecular weight excluding hydrogens is 148 g/mol. The molecule has 2 rings (SSSR count). The van der Waals surface area contributed by atoms with Crippen LogP contribution >= 0.6 is 0 Å². The molecule has 1 aromatic heterocycles. The lowest BCUT2D eigenvalue weighted by atomic mass is 10.3. The quantitative estimate of drug-likeness (QED) is 0.622. The van der Waals surface area contributed by atoms with Gasteiger partial charge in [0.05, 0.1) is 0 Å². The molecule has 1 aromatic rings. The van der Waals surface area contributed by atoms with E-state index in [-0.39, 0.29) is 0 Å². The predicted octanol–water partition coefficient (Wildman–Crippen LogP) is 1.74. The highest BCUT2D eigenvalue weighted by atomic mass is 15.2. The van der Waals surface area contributed by atoms with Gasteiger partial charge in [-0.05, 0) is 24.5 Å². The van der Waals surface area contributed by atoms with E-state index in [1.807, 2.05) is 12.1 Å². The van der Waals surface area contributed by atoms with Crippen LogP contribution in [0.3, 0.4) is 0 Å². The van der Waals surface area contributed by atoms with Gasteiger partial charge < -0.3 is 4.90 Å². The standard InChI is InChI=1S/C10H12N2/c1-9-4-5-10(11-8-9)12-6-2-3-7-12/h1,4-5,8H,2-3,6-7H2. The van der Waals surface area contributed by atoms with E-state index in [1.54, 1.807) is 6.20 Å². The molecule has 1 fully saturated rings. The summed E-state index contributed by atoms with van der Waals surface area (Å²) in [7, 11) is 0. The average Bonchev–Trinajstić information content (AvgIpc) is 2.58. The fourth-order valence-corrected chi connectivity index (χ4v) is 1.53. The first-order valence-corrected chi connectivity index (χ1v) is 4.33. The molecular formula is C10H12N2. The number of pyridine rings is 1. The van der Waals surface area contributed by atoms with E-state index in [9.17, 15) is 0 Å². The van der Waals surface area contributed by atoms with Crippen LogP contribution in [-0.2, 0) is 0 Å². The van der Waals surface area contributed by atoms with Crippen LogP contribution in [0.1, 0.15) is 18.4 Å². The van der Waals surface area contributed by atoms with Crippen LogP contribution < -0.4 is 4.90 Å². The Morgan fingerprint density at radius 2 is 2.00 bits per heavy atom. The molecule has 0 saturated carbocycles. The summed E-state index contributed by atoms with van der Waals surface area (Å²) < 4.78 is 0. The van der Waals surface area contributed by atoms with Crippen LogP contribution in [0, 0.1) is 6.92 Å². The fraction of sp³-hybridized carbons (Fsp3) is 0.400. The molecule has 62 valence electrons. The first-order chi connectivity index (χ1) is 5.86. The minimum Gasteiger partial charge on any atom is -0.357 e. The minimum absolute atomic E-state index is 0.734. The molecule has 1 aliphatic rings. The lowest BCUT2D eigenvalue weighted by Crippen LogP contribution is -2.18. The van der Waals surface area contributed by atoms with Crippen molar-refractivity contribution in [3.63, 3.8) is 0 Å². The Bertz CT molecular complexity index is 247. The third kappa shape index (κ3) is 1.42. The molecule has 0 N–H and O–H groups in total. The lowest BCUT2D eigenvalue weighted by Gasteiger charge is -2.15. The Labute approximate surface area is 73.2 Å². The summed E-state index contributed by atoms with van der Waals surface area (Å²) in [5.41, 5.74) is 0.734. The fourth-order valence-electron chi connectivity index (χ4n) is 1.53. The average molecular weight is 160 g/mol. The van der Waals surface area contributed by atoms with E-state index in [2.05, 4.69) is 9.88 Å². The second-order valence-corrected chi connectivity index (χ2v) is 3.14. The molecule has 0 aliphatic carbocycles. The van der Waals surface area contributed by atoms with E-state index < -0.39 is 0 Å². The highest BCUT2D eigenvalue weighted by Crippen LogP contribution is 2.16. The number of hydrogen-bond donors (Lipinski definition) is 0. The minimum atomic E-state index is 0.734. The number of anilines is 1. The molecule has 2 nitrogen and oxygen atoms in total. The van der Waals surface area contributed by atoms with E-state index in [0.717, 1.165) is 24.5 Å². The van der Waals surface area contributed by atoms with Crippen molar-refractivity contribution < 1.29 is 0 Å². The zero-order valence-corrected chi connectivity index (χ0v) is 7.03. The molecule has 0 bridgehead atoms. The zero-order chi connectivity index (χ0) is 8.39. The van der Waals surface area contributed by atoms with E-state index in [0.29, 0.717) is 0 Å². The van der Waals surface area contributed by atoms with Crippen molar-refractivity contribution in [2.75, 3.05) is 18.0 Å². The summed E-state index contributed by atoms with van der Waals surface area (Å²) in [5, 5.41) is 0. The predicted molar refractivity (Wildman–Crippen MR) is 49.1 cm³/mol. The summed E-state index contributed by atoms with van der Waals surface area (Å²) in [6, 6.07) is 3.89. The molecule has 2 heteroatoms. The maximum Gasteiger partial charge on any atom is 0.128 e. The van der Waals surface area contributed by atoms with Gasteiger partial charge in [-0.2, -0.15) is 0 Å². The van der Waals surface area contributed by atoms with E-state index in [4.69, 9.17) is 6.92 Å². The molecule has 0 atom stereocenters. The third-order valence-corrected chi connectivity index (χ3v) is 2.20. The van der Waals surface area contributed by atoms with Crippen LogP contribution in [0.5, 0.6) is 0 Å². The summed E-state index contributed by atoms with van der Waals surface area (Å²) in [6.07, 6.45) is 4.28. The molecule has 0 spiro atoms. The summed E-state index contributed by atoms with van der Waals surface area (Å²) in [4.78, 5) is 6.55. The van der Waals surface area contributed by atoms with Crippen LogP contribution in [0.15, 0.2) is 18.3 Å². The highest BCUT2D eigenvalue weighted by Gasteiger charge is 2.12. The molecule has 0 amide bonds. The van der Waals surface area contributed by atoms with Gasteiger partial charge in [0.15, 0.2) is 0 Å². The highest BCUT2D eigenvalue weighted by molar-refractivity contribution is 5.40. The Balaban J connectivity index is 2.17. The number of nitrogens with zero attached hydrogens (tertiary/aromatic N) is 2. The van der Waals surface area contributed by atoms with Crippen molar-refractivity contribution in [1.82, 2.24) is 4.98 Å². The second-order valence-electron chi connectivity index (χ2n) is 3.14. The Morgan fingerprint density at radius 3 is 2.58 bits per heavy atom. The molecule has 2 radical (unpaired) electrons. The molecule has 12 heavy (non-hydrogen) atoms. The van der Waals surface area contributed by atoms with Crippen molar-refractivity contribution >= 4 is 5.82 Å². The summed E-state index contributed by atoms with van der Waals surface area (Å²) in [6.45, 7) is 7.82. The monoisotopic (exact) mass is 160 g/mol. The van der Waals surface area contributed by atoms with Crippen LogP contribution in [0.2, 0.25) is 0 Å². The Hall–Kier alpha value is -1.05. The Morgan fingerprint density at radius 1 is 1.25 bits per heavy atom. The van der Waals surface area contributed by atoms with Crippen molar-refractivity contribution in [3.8, 4) is 0 Å². The molecule has 0 unspecified atom stereocenters. The number of aromatic nitrogens is 1. The van der Waals surface area contributed by atoms with E-state index in [1.165, 1.54) is 12.8 Å². The topological polar surface area (TPSA) is 16.1 Å². The second kappa shape index (κ2) is 3.13. The van der Waals surface area contributed by atoms with Gasteiger partial charge in [-0.3, -0.25) is 0 Å². The zero-order valence-electron chi connectivity index (χ0n) is 7.03. The van der Waals surface area contributed by atoms with Crippen molar-refractivity contribution in [2.24, 2.45) is 0 Å². The molecule has 0 aromatic carbocycles.